The van der Waals surface area contributed by atoms with E-state index in [4.69, 9.17) is 14.5 Å². The topological polar surface area (TPSA) is 113 Å². The van der Waals surface area contributed by atoms with E-state index in [9.17, 15) is 10.1 Å². The molecule has 0 fully saturated rings. The molecule has 0 radical (unpaired) electrons. The fraction of sp³-hybridized carbons (Fsp3) is 0. The molecule has 4 aromatic heterocycles. The van der Waals surface area contributed by atoms with Gasteiger partial charge in [-0.1, -0.05) is 12.1 Å². The minimum Gasteiger partial charge on any atom is -0.463 e. The minimum atomic E-state index is -0.433. The van der Waals surface area contributed by atoms with Crippen LogP contribution in [0, 0.1) is 10.1 Å². The van der Waals surface area contributed by atoms with Crippen LogP contribution in [0.5, 0.6) is 0 Å². The highest BCUT2D eigenvalue weighted by molar-refractivity contribution is 7.21. The molecular formula is C22H12N6O3S. The maximum atomic E-state index is 11.0. The molecule has 0 saturated heterocycles. The van der Waals surface area contributed by atoms with E-state index in [2.05, 4.69) is 10.2 Å². The van der Waals surface area contributed by atoms with Gasteiger partial charge in [0.05, 0.1) is 32.5 Å². The van der Waals surface area contributed by atoms with Crippen molar-refractivity contribution in [2.75, 3.05) is 0 Å². The molecule has 0 amide bonds. The summed E-state index contributed by atoms with van der Waals surface area (Å²) in [5.41, 5.74) is 3.31. The second kappa shape index (κ2) is 7.06. The first-order chi connectivity index (χ1) is 15.7. The molecule has 0 unspecified atom stereocenters. The molecule has 0 aliphatic heterocycles. The lowest BCUT2D eigenvalue weighted by Crippen LogP contribution is -1.96. The third-order valence-corrected chi connectivity index (χ3v) is 6.06. The summed E-state index contributed by atoms with van der Waals surface area (Å²) in [4.78, 5) is 15.3. The van der Waals surface area contributed by atoms with Gasteiger partial charge in [0, 0.05) is 18.3 Å². The monoisotopic (exact) mass is 440 g/mol. The lowest BCUT2D eigenvalue weighted by atomic mass is 10.2. The van der Waals surface area contributed by atoms with Gasteiger partial charge in [-0.15, -0.1) is 21.5 Å². The summed E-state index contributed by atoms with van der Waals surface area (Å²) in [5.74, 6) is 0.571. The van der Waals surface area contributed by atoms with Crippen molar-refractivity contribution in [2.24, 2.45) is 0 Å². The summed E-state index contributed by atoms with van der Waals surface area (Å²) in [5, 5.41) is 26.1. The Morgan fingerprint density at radius 2 is 1.78 bits per heavy atom. The Morgan fingerprint density at radius 1 is 0.969 bits per heavy atom. The van der Waals surface area contributed by atoms with E-state index >= 15 is 0 Å². The van der Waals surface area contributed by atoms with E-state index in [0.717, 1.165) is 15.6 Å². The Hall–Kier alpha value is -4.44. The maximum absolute atomic E-state index is 11.0. The molecule has 0 N–H and O–H groups in total. The number of furan rings is 1. The summed E-state index contributed by atoms with van der Waals surface area (Å²) in [7, 11) is 0. The van der Waals surface area contributed by atoms with Crippen molar-refractivity contribution in [1.29, 1.82) is 0 Å². The van der Waals surface area contributed by atoms with E-state index in [1.807, 2.05) is 36.5 Å². The Labute approximate surface area is 183 Å². The Kier molecular flexibility index (Phi) is 4.05. The van der Waals surface area contributed by atoms with Crippen LogP contribution in [0.1, 0.15) is 0 Å². The van der Waals surface area contributed by atoms with Gasteiger partial charge in [0.15, 0.2) is 5.76 Å². The van der Waals surface area contributed by atoms with E-state index in [1.165, 1.54) is 23.5 Å². The molecule has 0 aliphatic carbocycles. The van der Waals surface area contributed by atoms with E-state index in [-0.39, 0.29) is 5.69 Å². The first-order valence-corrected chi connectivity index (χ1v) is 10.4. The van der Waals surface area contributed by atoms with Crippen LogP contribution in [-0.2, 0) is 0 Å². The fourth-order valence-corrected chi connectivity index (χ4v) is 4.45. The molecule has 6 rings (SSSR count). The van der Waals surface area contributed by atoms with Gasteiger partial charge in [0.25, 0.3) is 5.69 Å². The van der Waals surface area contributed by atoms with Gasteiger partial charge in [-0.3, -0.25) is 10.1 Å². The minimum absolute atomic E-state index is 0.0141. The molecule has 9 nitrogen and oxygen atoms in total. The highest BCUT2D eigenvalue weighted by Crippen LogP contribution is 2.35. The number of hydrogen-bond donors (Lipinski definition) is 0. The van der Waals surface area contributed by atoms with E-state index in [0.29, 0.717) is 33.4 Å². The number of nitro groups is 1. The summed E-state index contributed by atoms with van der Waals surface area (Å²) >= 11 is 1.52. The van der Waals surface area contributed by atoms with Crippen LogP contribution in [0.15, 0.2) is 77.5 Å². The number of rotatable bonds is 4. The molecule has 0 saturated carbocycles. The van der Waals surface area contributed by atoms with Crippen molar-refractivity contribution >= 4 is 38.1 Å². The highest BCUT2D eigenvalue weighted by Gasteiger charge is 2.20. The second-order valence-electron chi connectivity index (χ2n) is 6.97. The lowest BCUT2D eigenvalue weighted by molar-refractivity contribution is -0.384. The summed E-state index contributed by atoms with van der Waals surface area (Å²) in [6, 6.07) is 17.6. The molecule has 2 aromatic carbocycles. The van der Waals surface area contributed by atoms with Crippen molar-refractivity contribution in [2.45, 2.75) is 0 Å². The smallest absolute Gasteiger partial charge is 0.269 e. The molecule has 0 atom stereocenters. The third kappa shape index (κ3) is 2.93. The van der Waals surface area contributed by atoms with Crippen LogP contribution in [0.4, 0.5) is 5.69 Å². The lowest BCUT2D eigenvalue weighted by Gasteiger charge is -2.00. The standard InChI is InChI=1S/C22H12N6O3S/c29-28(30)14-9-7-13(8-10-14)27-12-15-19(17-5-3-11-31-17)24-25-21(20(15)26-27)22-23-16-4-1-2-6-18(16)32-22/h1-12H. The first-order valence-electron chi connectivity index (χ1n) is 9.58. The van der Waals surface area contributed by atoms with E-state index in [1.54, 1.807) is 29.1 Å². The van der Waals surface area contributed by atoms with Crippen molar-refractivity contribution in [3.63, 3.8) is 0 Å². The van der Waals surface area contributed by atoms with Crippen molar-refractivity contribution in [3.05, 3.63) is 83.2 Å². The Balaban J connectivity index is 1.57. The molecule has 154 valence electrons. The van der Waals surface area contributed by atoms with Crippen LogP contribution in [0.25, 0.3) is 49.0 Å². The highest BCUT2D eigenvalue weighted by atomic mass is 32.1. The van der Waals surface area contributed by atoms with Gasteiger partial charge in [-0.25, -0.2) is 9.67 Å². The van der Waals surface area contributed by atoms with Crippen LogP contribution in [0.2, 0.25) is 0 Å². The van der Waals surface area contributed by atoms with Crippen LogP contribution in [-0.4, -0.2) is 29.9 Å². The van der Waals surface area contributed by atoms with Gasteiger partial charge < -0.3 is 4.42 Å². The number of non-ortho nitro benzene ring substituents is 1. The third-order valence-electron chi connectivity index (χ3n) is 5.02. The van der Waals surface area contributed by atoms with E-state index < -0.39 is 4.92 Å². The second-order valence-corrected chi connectivity index (χ2v) is 8.00. The number of aromatic nitrogens is 5. The maximum Gasteiger partial charge on any atom is 0.269 e. The number of para-hydroxylation sites is 1. The predicted octanol–water partition coefficient (Wildman–Crippen LogP) is 5.26. The SMILES string of the molecule is O=[N+]([O-])c1ccc(-n2cc3c(-c4ccco4)nnc(-c4nc5ccccc5s4)c3n2)cc1. The average Bonchev–Trinajstić information content (AvgIpc) is 3.57. The number of thiazole rings is 1. The number of nitro benzene ring substituents is 1. The molecule has 6 aromatic rings. The Bertz CT molecular complexity index is 1570. The zero-order valence-electron chi connectivity index (χ0n) is 16.2. The average molecular weight is 440 g/mol. The van der Waals surface area contributed by atoms with Gasteiger partial charge >= 0.3 is 0 Å². The predicted molar refractivity (Wildman–Crippen MR) is 120 cm³/mol. The van der Waals surface area contributed by atoms with Crippen molar-refractivity contribution in [1.82, 2.24) is 25.0 Å². The first kappa shape index (κ1) is 18.3. The zero-order valence-corrected chi connectivity index (χ0v) is 17.1. The largest absolute Gasteiger partial charge is 0.463 e. The van der Waals surface area contributed by atoms with Crippen LogP contribution < -0.4 is 0 Å². The fourth-order valence-electron chi connectivity index (χ4n) is 3.50. The number of benzene rings is 2. The number of fused-ring (bicyclic) bond motifs is 2. The number of hydrogen-bond acceptors (Lipinski definition) is 8. The van der Waals surface area contributed by atoms with Crippen LogP contribution in [0.3, 0.4) is 0 Å². The molecular weight excluding hydrogens is 428 g/mol. The van der Waals surface area contributed by atoms with Gasteiger partial charge in [-0.2, -0.15) is 5.10 Å². The van der Waals surface area contributed by atoms with Crippen LogP contribution >= 0.6 is 11.3 Å². The normalized spacial score (nSPS) is 11.4. The molecule has 0 bridgehead atoms. The van der Waals surface area contributed by atoms with Gasteiger partial charge in [-0.05, 0) is 36.4 Å². The molecule has 0 aliphatic rings. The van der Waals surface area contributed by atoms with Crippen molar-refractivity contribution in [3.8, 4) is 27.8 Å². The van der Waals surface area contributed by atoms with Gasteiger partial charge in [0.2, 0.25) is 0 Å². The zero-order chi connectivity index (χ0) is 21.7. The summed E-state index contributed by atoms with van der Waals surface area (Å²) < 4.78 is 8.25. The molecule has 32 heavy (non-hydrogen) atoms. The molecule has 4 heterocycles. The molecule has 10 heteroatoms. The number of nitrogens with zero attached hydrogens (tertiary/aromatic N) is 6. The van der Waals surface area contributed by atoms with Gasteiger partial charge in [0.1, 0.15) is 21.9 Å². The Morgan fingerprint density at radius 3 is 2.53 bits per heavy atom. The summed E-state index contributed by atoms with van der Waals surface area (Å²) in [6.45, 7) is 0. The van der Waals surface area contributed by atoms with Crippen molar-refractivity contribution < 1.29 is 9.34 Å². The molecule has 0 spiro atoms. The quantitative estimate of drug-likeness (QED) is 0.271. The summed E-state index contributed by atoms with van der Waals surface area (Å²) in [6.07, 6.45) is 3.39.